The number of nitrogens with zero attached hydrogens (tertiary/aromatic N) is 1. The van der Waals surface area contributed by atoms with E-state index in [1.165, 1.54) is 11.0 Å². The van der Waals surface area contributed by atoms with Gasteiger partial charge in [0.25, 0.3) is 11.8 Å². The number of amides is 3. The Balaban J connectivity index is 1.66. The number of benzene rings is 1. The molecule has 0 spiro atoms. The van der Waals surface area contributed by atoms with Crippen LogP contribution in [0.25, 0.3) is 0 Å². The molecule has 3 N–H and O–H groups in total. The van der Waals surface area contributed by atoms with Gasteiger partial charge in [-0.25, -0.2) is 0 Å². The molecule has 4 rings (SSSR count). The summed E-state index contributed by atoms with van der Waals surface area (Å²) in [7, 11) is 0. The predicted molar refractivity (Wildman–Crippen MR) is 107 cm³/mol. The number of rotatable bonds is 4. The van der Waals surface area contributed by atoms with Gasteiger partial charge in [-0.05, 0) is 24.5 Å². The number of halogens is 3. The Morgan fingerprint density at radius 2 is 2.10 bits per heavy atom. The largest absolute Gasteiger partial charge is 0.416 e. The fraction of sp³-hybridized carbons (Fsp3) is 0.316. The first-order valence-electron chi connectivity index (χ1n) is 9.04. The number of fused-ring (bicyclic) bond motifs is 2. The third kappa shape index (κ3) is 3.67. The maximum Gasteiger partial charge on any atom is 0.416 e. The number of anilines is 1. The van der Waals surface area contributed by atoms with Crippen molar-refractivity contribution in [1.82, 2.24) is 4.90 Å². The molecule has 3 amide bonds. The third-order valence-electron chi connectivity index (χ3n) is 5.01. The van der Waals surface area contributed by atoms with Crippen molar-refractivity contribution < 1.29 is 27.6 Å². The number of nitrogens with two attached hydrogens (primary N) is 1. The molecular formula is C19H16F3N3O3S2. The zero-order chi connectivity index (χ0) is 21.6. The molecule has 1 aromatic carbocycles. The Bertz CT molecular complexity index is 1050. The van der Waals surface area contributed by atoms with E-state index in [1.807, 2.05) is 0 Å². The minimum absolute atomic E-state index is 0.0230. The van der Waals surface area contributed by atoms with E-state index >= 15 is 0 Å². The number of carbonyl (C=O) groups is 3. The number of alkyl halides is 3. The molecule has 1 saturated heterocycles. The van der Waals surface area contributed by atoms with Crippen LogP contribution in [-0.2, 0) is 16.7 Å². The molecule has 3 heterocycles. The van der Waals surface area contributed by atoms with Crippen LogP contribution in [0.5, 0.6) is 0 Å². The Hall–Kier alpha value is -2.53. The molecule has 6 nitrogen and oxygen atoms in total. The van der Waals surface area contributed by atoms with Crippen LogP contribution in [0.4, 0.5) is 18.9 Å². The normalized spacial score (nSPS) is 18.6. The summed E-state index contributed by atoms with van der Waals surface area (Å²) >= 11 is 2.13. The van der Waals surface area contributed by atoms with Gasteiger partial charge in [0.05, 0.1) is 21.0 Å². The molecule has 0 bridgehead atoms. The smallest absolute Gasteiger partial charge is 0.365 e. The lowest BCUT2D eigenvalue weighted by Gasteiger charge is -2.19. The van der Waals surface area contributed by atoms with Gasteiger partial charge in [0, 0.05) is 12.3 Å². The Kier molecular flexibility index (Phi) is 5.27. The molecule has 2 aliphatic heterocycles. The van der Waals surface area contributed by atoms with Crippen LogP contribution in [0.3, 0.4) is 0 Å². The number of thiophene rings is 1. The maximum atomic E-state index is 12.9. The van der Waals surface area contributed by atoms with Gasteiger partial charge in [0.2, 0.25) is 5.91 Å². The van der Waals surface area contributed by atoms with Crippen molar-refractivity contribution >= 4 is 46.5 Å². The van der Waals surface area contributed by atoms with E-state index in [0.29, 0.717) is 29.2 Å². The van der Waals surface area contributed by atoms with Crippen LogP contribution in [-0.4, -0.2) is 35.2 Å². The summed E-state index contributed by atoms with van der Waals surface area (Å²) in [5.74, 6) is -1.38. The number of primary amides is 1. The van der Waals surface area contributed by atoms with Gasteiger partial charge in [0.1, 0.15) is 10.9 Å². The number of carbonyl (C=O) groups excluding carboxylic acids is 3. The molecule has 0 unspecified atom stereocenters. The lowest BCUT2D eigenvalue weighted by molar-refractivity contribution is -0.137. The van der Waals surface area contributed by atoms with Gasteiger partial charge in [-0.3, -0.25) is 14.4 Å². The first-order valence-corrected chi connectivity index (χ1v) is 10.8. The van der Waals surface area contributed by atoms with Gasteiger partial charge in [-0.1, -0.05) is 18.2 Å². The van der Waals surface area contributed by atoms with Crippen molar-refractivity contribution in [1.29, 1.82) is 0 Å². The SMILES string of the molecule is NC(=O)c1c(SCc2cccc(C(F)(F)F)c2)sc2c1NC(=O)[C@H]1CCCN1C2=O. The molecule has 1 fully saturated rings. The van der Waals surface area contributed by atoms with E-state index in [2.05, 4.69) is 5.32 Å². The monoisotopic (exact) mass is 455 g/mol. The average Bonchev–Trinajstić information content (AvgIpc) is 3.28. The molecule has 1 atom stereocenters. The summed E-state index contributed by atoms with van der Waals surface area (Å²) in [6.45, 7) is 0.451. The summed E-state index contributed by atoms with van der Waals surface area (Å²) in [6, 6.07) is 4.31. The quantitative estimate of drug-likeness (QED) is 0.688. The van der Waals surface area contributed by atoms with Gasteiger partial charge in [-0.2, -0.15) is 13.2 Å². The van der Waals surface area contributed by atoms with Crippen molar-refractivity contribution in [3.05, 3.63) is 45.8 Å². The van der Waals surface area contributed by atoms with Gasteiger partial charge >= 0.3 is 6.18 Å². The van der Waals surface area contributed by atoms with Gasteiger partial charge in [-0.15, -0.1) is 23.1 Å². The zero-order valence-corrected chi connectivity index (χ0v) is 17.0. The molecule has 0 saturated carbocycles. The molecule has 2 aliphatic rings. The first-order chi connectivity index (χ1) is 14.2. The number of thioether (sulfide) groups is 1. The van der Waals surface area contributed by atoms with Crippen molar-refractivity contribution in [3.8, 4) is 0 Å². The van der Waals surface area contributed by atoms with Crippen molar-refractivity contribution in [2.75, 3.05) is 11.9 Å². The Morgan fingerprint density at radius 1 is 1.33 bits per heavy atom. The summed E-state index contributed by atoms with van der Waals surface area (Å²) in [5, 5.41) is 2.67. The minimum Gasteiger partial charge on any atom is -0.365 e. The van der Waals surface area contributed by atoms with Crippen LogP contribution in [0.15, 0.2) is 28.5 Å². The fourth-order valence-corrected chi connectivity index (χ4v) is 6.05. The van der Waals surface area contributed by atoms with Gasteiger partial charge < -0.3 is 16.0 Å². The predicted octanol–water partition coefficient (Wildman–Crippen LogP) is 3.71. The summed E-state index contributed by atoms with van der Waals surface area (Å²) in [5.41, 5.74) is 5.29. The standard InChI is InChI=1S/C19H16F3N3O3S2/c20-19(21,22)10-4-1-3-9(7-10)8-29-18-12(15(23)26)13-14(30-18)17(28)25-6-2-5-11(25)16(27)24-13/h1,3-4,7,11H,2,5-6,8H2,(H2,23,26)(H,24,27)/t11-/m1/s1. The second kappa shape index (κ2) is 7.62. The van der Waals surface area contributed by atoms with Gasteiger partial charge in [0.15, 0.2) is 0 Å². The minimum atomic E-state index is -4.46. The van der Waals surface area contributed by atoms with Crippen molar-refractivity contribution in [2.24, 2.45) is 5.73 Å². The highest BCUT2D eigenvalue weighted by Gasteiger charge is 2.41. The van der Waals surface area contributed by atoms with E-state index in [9.17, 15) is 27.6 Å². The molecule has 30 heavy (non-hydrogen) atoms. The van der Waals surface area contributed by atoms with E-state index in [1.54, 1.807) is 6.07 Å². The molecule has 158 valence electrons. The zero-order valence-electron chi connectivity index (χ0n) is 15.4. The van der Waals surface area contributed by atoms with Crippen molar-refractivity contribution in [2.45, 2.75) is 35.0 Å². The lowest BCUT2D eigenvalue weighted by Crippen LogP contribution is -2.40. The van der Waals surface area contributed by atoms with E-state index in [4.69, 9.17) is 5.73 Å². The van der Waals surface area contributed by atoms with E-state index in [0.717, 1.165) is 35.2 Å². The topological polar surface area (TPSA) is 92.5 Å². The Morgan fingerprint density at radius 3 is 2.80 bits per heavy atom. The molecule has 1 aromatic heterocycles. The molecule has 0 radical (unpaired) electrons. The van der Waals surface area contributed by atoms with E-state index < -0.39 is 23.7 Å². The average molecular weight is 455 g/mol. The highest BCUT2D eigenvalue weighted by molar-refractivity contribution is 8.00. The fourth-order valence-electron chi connectivity index (χ4n) is 3.61. The van der Waals surface area contributed by atoms with Crippen LogP contribution < -0.4 is 11.1 Å². The molecule has 0 aliphatic carbocycles. The van der Waals surface area contributed by atoms with Crippen molar-refractivity contribution in [3.63, 3.8) is 0 Å². The van der Waals surface area contributed by atoms with Crippen LogP contribution in [0, 0.1) is 0 Å². The highest BCUT2D eigenvalue weighted by atomic mass is 32.2. The number of hydrogen-bond acceptors (Lipinski definition) is 5. The summed E-state index contributed by atoms with van der Waals surface area (Å²) in [4.78, 5) is 39.3. The summed E-state index contributed by atoms with van der Waals surface area (Å²) < 4.78 is 39.2. The van der Waals surface area contributed by atoms with Crippen LogP contribution in [0.1, 0.15) is 44.0 Å². The first kappa shape index (κ1) is 20.7. The second-order valence-electron chi connectivity index (χ2n) is 6.97. The third-order valence-corrected chi connectivity index (χ3v) is 7.53. The molecule has 11 heteroatoms. The maximum absolute atomic E-state index is 12.9. The molecule has 2 aromatic rings. The second-order valence-corrected chi connectivity index (χ2v) is 9.23. The number of hydrogen-bond donors (Lipinski definition) is 2. The highest BCUT2D eigenvalue weighted by Crippen LogP contribution is 2.44. The number of nitrogens with one attached hydrogen (secondary N) is 1. The van der Waals surface area contributed by atoms with Crippen LogP contribution >= 0.6 is 23.1 Å². The lowest BCUT2D eigenvalue weighted by atomic mass is 10.1. The Labute approximate surface area is 177 Å². The summed E-state index contributed by atoms with van der Waals surface area (Å²) in [6.07, 6.45) is -3.19. The molecular weight excluding hydrogens is 439 g/mol. The van der Waals surface area contributed by atoms with Crippen LogP contribution in [0.2, 0.25) is 0 Å². The van der Waals surface area contributed by atoms with E-state index in [-0.39, 0.29) is 33.7 Å².